The van der Waals surface area contributed by atoms with Crippen molar-refractivity contribution < 1.29 is 4.79 Å². The molecule has 2 amide bonds. The van der Waals surface area contributed by atoms with Crippen LogP contribution in [0, 0.1) is 6.92 Å². The average Bonchev–Trinajstić information content (AvgIpc) is 2.66. The van der Waals surface area contributed by atoms with Crippen LogP contribution >= 0.6 is 11.6 Å². The molecule has 0 unspecified atom stereocenters. The van der Waals surface area contributed by atoms with E-state index in [0.29, 0.717) is 6.54 Å². The fraction of sp³-hybridized carbons (Fsp3) is 0.381. The number of rotatable bonds is 5. The summed E-state index contributed by atoms with van der Waals surface area (Å²) >= 11 is 5.89. The van der Waals surface area contributed by atoms with E-state index in [9.17, 15) is 4.79 Å². The van der Waals surface area contributed by atoms with E-state index < -0.39 is 0 Å². The summed E-state index contributed by atoms with van der Waals surface area (Å²) in [5.74, 6) is 0. The minimum absolute atomic E-state index is 0.0361. The Bertz CT molecular complexity index is 707. The predicted molar refractivity (Wildman–Crippen MR) is 107 cm³/mol. The van der Waals surface area contributed by atoms with Crippen molar-refractivity contribution in [2.24, 2.45) is 0 Å². The van der Waals surface area contributed by atoms with Crippen molar-refractivity contribution in [3.05, 3.63) is 70.2 Å². The number of halogens is 1. The molecule has 1 aliphatic heterocycles. The molecule has 1 aliphatic rings. The summed E-state index contributed by atoms with van der Waals surface area (Å²) in [6.07, 6.45) is 0.816. The van der Waals surface area contributed by atoms with Gasteiger partial charge in [-0.05, 0) is 36.6 Å². The van der Waals surface area contributed by atoms with Crippen LogP contribution in [0.25, 0.3) is 0 Å². The highest BCUT2D eigenvalue weighted by Gasteiger charge is 2.20. The summed E-state index contributed by atoms with van der Waals surface area (Å²) in [6.45, 7) is 7.08. The maximum absolute atomic E-state index is 12.3. The fourth-order valence-electron chi connectivity index (χ4n) is 3.14. The molecule has 1 N–H and O–H groups in total. The van der Waals surface area contributed by atoms with Crippen molar-refractivity contribution in [3.63, 3.8) is 0 Å². The molecule has 1 saturated heterocycles. The molecule has 2 aromatic rings. The van der Waals surface area contributed by atoms with E-state index in [1.54, 1.807) is 0 Å². The topological polar surface area (TPSA) is 35.6 Å². The molecule has 0 saturated carbocycles. The van der Waals surface area contributed by atoms with Crippen molar-refractivity contribution in [1.29, 1.82) is 0 Å². The first kappa shape index (κ1) is 18.7. The van der Waals surface area contributed by atoms with Gasteiger partial charge in [0.1, 0.15) is 0 Å². The summed E-state index contributed by atoms with van der Waals surface area (Å²) in [6, 6.07) is 16.5. The number of hydrogen-bond donors (Lipinski definition) is 1. The number of carbonyl (C=O) groups is 1. The first-order valence-electron chi connectivity index (χ1n) is 9.15. The van der Waals surface area contributed by atoms with Gasteiger partial charge in [0.2, 0.25) is 0 Å². The fourth-order valence-corrected chi connectivity index (χ4v) is 3.26. The van der Waals surface area contributed by atoms with E-state index >= 15 is 0 Å². The first-order chi connectivity index (χ1) is 12.6. The third-order valence-electron chi connectivity index (χ3n) is 4.79. The number of benzene rings is 2. The number of nitrogens with one attached hydrogen (secondary N) is 1. The molecule has 0 aromatic heterocycles. The monoisotopic (exact) mass is 371 g/mol. The van der Waals surface area contributed by atoms with E-state index in [4.69, 9.17) is 11.6 Å². The van der Waals surface area contributed by atoms with Crippen LogP contribution in [0.2, 0.25) is 5.02 Å². The van der Waals surface area contributed by atoms with Crippen LogP contribution in [0.1, 0.15) is 16.7 Å². The zero-order valence-corrected chi connectivity index (χ0v) is 16.0. The Labute approximate surface area is 160 Å². The lowest BCUT2D eigenvalue weighted by molar-refractivity contribution is 0.135. The average molecular weight is 372 g/mol. The van der Waals surface area contributed by atoms with Gasteiger partial charge in [-0.3, -0.25) is 4.90 Å². The summed E-state index contributed by atoms with van der Waals surface area (Å²) < 4.78 is 0. The Morgan fingerprint density at radius 2 is 1.58 bits per heavy atom. The van der Waals surface area contributed by atoms with Gasteiger partial charge in [0.05, 0.1) is 0 Å². The Hall–Kier alpha value is -2.04. The van der Waals surface area contributed by atoms with Crippen molar-refractivity contribution in [2.75, 3.05) is 32.7 Å². The minimum Gasteiger partial charge on any atom is -0.338 e. The van der Waals surface area contributed by atoms with Crippen LogP contribution in [0.3, 0.4) is 0 Å². The molecular formula is C21H26ClN3O. The van der Waals surface area contributed by atoms with Gasteiger partial charge in [-0.2, -0.15) is 0 Å². The SMILES string of the molecule is Cc1ccc(CN2CCN(C(=O)NCCc3ccc(Cl)cc3)CC2)cc1. The zero-order chi connectivity index (χ0) is 18.4. The highest BCUT2D eigenvalue weighted by Crippen LogP contribution is 2.11. The van der Waals surface area contributed by atoms with Crippen molar-refractivity contribution >= 4 is 17.6 Å². The highest BCUT2D eigenvalue weighted by molar-refractivity contribution is 6.30. The zero-order valence-electron chi connectivity index (χ0n) is 15.2. The van der Waals surface area contributed by atoms with E-state index in [1.165, 1.54) is 16.7 Å². The van der Waals surface area contributed by atoms with E-state index in [2.05, 4.69) is 41.4 Å². The number of nitrogens with zero attached hydrogens (tertiary/aromatic N) is 2. The van der Waals surface area contributed by atoms with Gasteiger partial charge in [-0.15, -0.1) is 0 Å². The number of hydrogen-bond acceptors (Lipinski definition) is 2. The molecule has 0 aliphatic carbocycles. The Morgan fingerprint density at radius 3 is 2.23 bits per heavy atom. The molecular weight excluding hydrogens is 346 g/mol. The lowest BCUT2D eigenvalue weighted by Crippen LogP contribution is -2.51. The highest BCUT2D eigenvalue weighted by atomic mass is 35.5. The molecule has 0 atom stereocenters. The Morgan fingerprint density at radius 1 is 0.962 bits per heavy atom. The van der Waals surface area contributed by atoms with E-state index in [1.807, 2.05) is 29.2 Å². The van der Waals surface area contributed by atoms with Gasteiger partial charge in [-0.1, -0.05) is 53.6 Å². The smallest absolute Gasteiger partial charge is 0.317 e. The second-order valence-corrected chi connectivity index (χ2v) is 7.29. The molecule has 5 heteroatoms. The first-order valence-corrected chi connectivity index (χ1v) is 9.53. The Balaban J connectivity index is 1.37. The van der Waals surface area contributed by atoms with Crippen LogP contribution in [0.5, 0.6) is 0 Å². The summed E-state index contributed by atoms with van der Waals surface area (Å²) in [4.78, 5) is 16.6. The molecule has 2 aromatic carbocycles. The summed E-state index contributed by atoms with van der Waals surface area (Å²) in [5, 5.41) is 3.76. The second kappa shape index (κ2) is 9.06. The van der Waals surface area contributed by atoms with Crippen LogP contribution in [-0.4, -0.2) is 48.6 Å². The van der Waals surface area contributed by atoms with Crippen molar-refractivity contribution in [1.82, 2.24) is 15.1 Å². The third-order valence-corrected chi connectivity index (χ3v) is 5.04. The minimum atomic E-state index is 0.0361. The number of urea groups is 1. The molecule has 0 spiro atoms. The van der Waals surface area contributed by atoms with E-state index in [-0.39, 0.29) is 6.03 Å². The van der Waals surface area contributed by atoms with Gasteiger partial charge in [-0.25, -0.2) is 4.79 Å². The maximum atomic E-state index is 12.3. The van der Waals surface area contributed by atoms with Crippen LogP contribution in [0.4, 0.5) is 4.79 Å². The van der Waals surface area contributed by atoms with Gasteiger partial charge in [0.15, 0.2) is 0 Å². The summed E-state index contributed by atoms with van der Waals surface area (Å²) in [7, 11) is 0. The number of carbonyl (C=O) groups excluding carboxylic acids is 1. The lowest BCUT2D eigenvalue weighted by atomic mass is 10.1. The Kier molecular flexibility index (Phi) is 6.53. The van der Waals surface area contributed by atoms with Crippen LogP contribution in [-0.2, 0) is 13.0 Å². The lowest BCUT2D eigenvalue weighted by Gasteiger charge is -2.34. The summed E-state index contributed by atoms with van der Waals surface area (Å²) in [5.41, 5.74) is 3.79. The van der Waals surface area contributed by atoms with Gasteiger partial charge < -0.3 is 10.2 Å². The van der Waals surface area contributed by atoms with Gasteiger partial charge in [0.25, 0.3) is 0 Å². The molecule has 26 heavy (non-hydrogen) atoms. The van der Waals surface area contributed by atoms with Crippen molar-refractivity contribution in [2.45, 2.75) is 19.9 Å². The number of piperazine rings is 1. The number of amides is 2. The quantitative estimate of drug-likeness (QED) is 0.869. The molecule has 3 rings (SSSR count). The van der Waals surface area contributed by atoms with Crippen molar-refractivity contribution in [3.8, 4) is 0 Å². The normalized spacial score (nSPS) is 15.1. The second-order valence-electron chi connectivity index (χ2n) is 6.86. The standard InChI is InChI=1S/C21H26ClN3O/c1-17-2-4-19(5-3-17)16-24-12-14-25(15-13-24)21(26)23-11-10-18-6-8-20(22)9-7-18/h2-9H,10-16H2,1H3,(H,23,26). The molecule has 0 radical (unpaired) electrons. The maximum Gasteiger partial charge on any atom is 0.317 e. The van der Waals surface area contributed by atoms with Crippen LogP contribution < -0.4 is 5.32 Å². The largest absolute Gasteiger partial charge is 0.338 e. The van der Waals surface area contributed by atoms with E-state index in [0.717, 1.165) is 44.2 Å². The predicted octanol–water partition coefficient (Wildman–Crippen LogP) is 3.72. The van der Waals surface area contributed by atoms with Gasteiger partial charge in [0, 0.05) is 44.3 Å². The van der Waals surface area contributed by atoms with Crippen LogP contribution in [0.15, 0.2) is 48.5 Å². The molecule has 0 bridgehead atoms. The number of aryl methyl sites for hydroxylation is 1. The third kappa shape index (κ3) is 5.48. The van der Waals surface area contributed by atoms with Gasteiger partial charge >= 0.3 is 6.03 Å². The molecule has 138 valence electrons. The molecule has 1 heterocycles. The molecule has 4 nitrogen and oxygen atoms in total. The molecule has 1 fully saturated rings.